The van der Waals surface area contributed by atoms with Gasteiger partial charge in [-0.15, -0.1) is 0 Å². The first kappa shape index (κ1) is 29.1. The fourth-order valence-corrected chi connectivity index (χ4v) is 1.79. The number of H-pyrrole nitrogens is 1. The summed E-state index contributed by atoms with van der Waals surface area (Å²) in [5.74, 6) is -0.896. The van der Waals surface area contributed by atoms with Gasteiger partial charge < -0.3 is 14.5 Å². The molecule has 2 radical (unpaired) electrons. The van der Waals surface area contributed by atoms with Crippen molar-refractivity contribution in [2.75, 3.05) is 6.61 Å². The van der Waals surface area contributed by atoms with Gasteiger partial charge in [0.25, 0.3) is 0 Å². The van der Waals surface area contributed by atoms with Gasteiger partial charge in [-0.3, -0.25) is 0 Å². The van der Waals surface area contributed by atoms with Crippen molar-refractivity contribution in [1.29, 1.82) is 0 Å². The highest BCUT2D eigenvalue weighted by atomic mass is 16.6. The van der Waals surface area contributed by atoms with Crippen LogP contribution in [0.2, 0.25) is 6.82 Å². The van der Waals surface area contributed by atoms with Crippen molar-refractivity contribution in [2.24, 2.45) is 0 Å². The largest absolute Gasteiger partial charge is 0.462 e. The van der Waals surface area contributed by atoms with Crippen molar-refractivity contribution in [3.05, 3.63) is 22.5 Å². The fourth-order valence-electron chi connectivity index (χ4n) is 1.79. The minimum Gasteiger partial charge on any atom is -0.462 e. The molecule has 0 aliphatic carbocycles. The highest BCUT2D eigenvalue weighted by molar-refractivity contribution is 6.05. The van der Waals surface area contributed by atoms with Crippen molar-refractivity contribution in [3.63, 3.8) is 0 Å². The molecule has 1 aromatic heterocycles. The molecule has 0 spiro atoms. The van der Waals surface area contributed by atoms with Gasteiger partial charge >= 0.3 is 11.9 Å². The minimum atomic E-state index is -0.577. The lowest BCUT2D eigenvalue weighted by molar-refractivity contribution is 0.00626. The summed E-state index contributed by atoms with van der Waals surface area (Å²) >= 11 is 0. The molecule has 0 unspecified atom stereocenters. The van der Waals surface area contributed by atoms with E-state index in [9.17, 15) is 9.59 Å². The van der Waals surface area contributed by atoms with Crippen LogP contribution in [0, 0.1) is 13.8 Å². The molecule has 0 aliphatic heterocycles. The molecular weight excluding hydrogens is 329 g/mol. The second-order valence-electron chi connectivity index (χ2n) is 6.05. The number of carbonyl (C=O) groups excluding carboxylic acids is 2. The number of nitrogens with one attached hydrogen (secondary N) is 1. The Morgan fingerprint density at radius 1 is 1.00 bits per heavy atom. The molecule has 1 rings (SSSR count). The van der Waals surface area contributed by atoms with Crippen molar-refractivity contribution >= 4 is 19.8 Å². The van der Waals surface area contributed by atoms with Crippen LogP contribution in [0.25, 0.3) is 0 Å². The maximum atomic E-state index is 12.0. The first-order chi connectivity index (χ1) is 12.1. The van der Waals surface area contributed by atoms with Crippen molar-refractivity contribution in [3.8, 4) is 0 Å². The fraction of sp³-hybridized carbons (Fsp3) is 0.700. The summed E-state index contributed by atoms with van der Waals surface area (Å²) in [6.45, 7) is 20.6. The zero-order valence-electron chi connectivity index (χ0n) is 18.6. The molecule has 0 fully saturated rings. The van der Waals surface area contributed by atoms with E-state index in [1.807, 2.05) is 13.8 Å². The molecule has 0 amide bonds. The van der Waals surface area contributed by atoms with Crippen LogP contribution in [-0.4, -0.2) is 37.0 Å². The highest BCUT2D eigenvalue weighted by Crippen LogP contribution is 2.21. The van der Waals surface area contributed by atoms with Gasteiger partial charge in [0.1, 0.15) is 11.3 Å². The summed E-state index contributed by atoms with van der Waals surface area (Å²) in [7, 11) is 4.50. The molecule has 0 aromatic carbocycles. The summed E-state index contributed by atoms with van der Waals surface area (Å²) in [5.41, 5.74) is 1.30. The molecule has 0 saturated heterocycles. The number of hydrogen-bond acceptors (Lipinski definition) is 4. The van der Waals surface area contributed by atoms with Crippen LogP contribution in [0.3, 0.4) is 0 Å². The van der Waals surface area contributed by atoms with E-state index in [0.29, 0.717) is 29.1 Å². The van der Waals surface area contributed by atoms with E-state index in [-0.39, 0.29) is 0 Å². The third-order valence-corrected chi connectivity index (χ3v) is 2.52. The van der Waals surface area contributed by atoms with E-state index in [2.05, 4.69) is 26.7 Å². The summed E-state index contributed by atoms with van der Waals surface area (Å²) < 4.78 is 10.3. The quantitative estimate of drug-likeness (QED) is 0.573. The number of rotatable bonds is 3. The van der Waals surface area contributed by atoms with E-state index in [0.717, 1.165) is 0 Å². The van der Waals surface area contributed by atoms with Gasteiger partial charge in [0.2, 0.25) is 0 Å². The zero-order chi connectivity index (χ0) is 21.5. The second kappa shape index (κ2) is 15.5. The van der Waals surface area contributed by atoms with Crippen LogP contribution in [0.5, 0.6) is 0 Å². The lowest BCUT2D eigenvalue weighted by Crippen LogP contribution is -2.24. The average molecular weight is 367 g/mol. The van der Waals surface area contributed by atoms with Gasteiger partial charge in [-0.2, -0.15) is 0 Å². The first-order valence-electron chi connectivity index (χ1n) is 9.26. The smallest absolute Gasteiger partial charge is 0.355 e. The topological polar surface area (TPSA) is 68.4 Å². The predicted molar refractivity (Wildman–Crippen MR) is 110 cm³/mol. The molecule has 0 bridgehead atoms. The lowest BCUT2D eigenvalue weighted by atomic mass is 10.1. The molecule has 5 nitrogen and oxygen atoms in total. The monoisotopic (exact) mass is 367 g/mol. The molecule has 1 N–H and O–H groups in total. The Balaban J connectivity index is -0.000000663. The Morgan fingerprint density at radius 2 is 1.42 bits per heavy atom. The third kappa shape index (κ3) is 11.0. The van der Waals surface area contributed by atoms with Crippen LogP contribution in [0.1, 0.15) is 93.9 Å². The number of esters is 2. The number of aryl methyl sites for hydroxylation is 1. The number of aromatic nitrogens is 1. The summed E-state index contributed by atoms with van der Waals surface area (Å²) in [4.78, 5) is 26.7. The van der Waals surface area contributed by atoms with Gasteiger partial charge in [-0.1, -0.05) is 40.9 Å². The van der Waals surface area contributed by atoms with Crippen LogP contribution >= 0.6 is 0 Å². The maximum absolute atomic E-state index is 12.0. The van der Waals surface area contributed by atoms with E-state index < -0.39 is 17.5 Å². The van der Waals surface area contributed by atoms with Gasteiger partial charge in [0.15, 0.2) is 0 Å². The number of ether oxygens (including phenoxy) is 2. The zero-order valence-corrected chi connectivity index (χ0v) is 18.6. The van der Waals surface area contributed by atoms with Gasteiger partial charge in [-0.25, -0.2) is 9.59 Å². The van der Waals surface area contributed by atoms with Gasteiger partial charge in [0, 0.05) is 5.69 Å². The lowest BCUT2D eigenvalue weighted by Gasteiger charge is -2.19. The Bertz CT molecular complexity index is 517. The van der Waals surface area contributed by atoms with Gasteiger partial charge in [-0.05, 0) is 47.1 Å². The minimum absolute atomic E-state index is 0.296. The Morgan fingerprint density at radius 3 is 1.77 bits per heavy atom. The maximum Gasteiger partial charge on any atom is 0.355 e. The molecule has 1 heterocycles. The van der Waals surface area contributed by atoms with Crippen LogP contribution in [0.4, 0.5) is 0 Å². The normalized spacial score (nSPS) is 9.35. The summed E-state index contributed by atoms with van der Waals surface area (Å²) in [5, 5.41) is 0. The molecule has 150 valence electrons. The van der Waals surface area contributed by atoms with E-state index in [4.69, 9.17) is 9.47 Å². The standard InChI is InChI=1S/C14H21NO4.C3H8.C2H6.CH3B/c1-7-18-12(16)10-8(2)11(15-9(10)3)13(17)19-14(4,5)6;1-3-2;2*1-2/h15H,7H2,1-6H3;3H2,1-2H3;1-2H3;1H3. The summed E-state index contributed by atoms with van der Waals surface area (Å²) in [6, 6.07) is 0. The van der Waals surface area contributed by atoms with E-state index in [1.165, 1.54) is 13.2 Å². The molecule has 0 saturated carbocycles. The first-order valence-corrected chi connectivity index (χ1v) is 9.26. The second-order valence-corrected chi connectivity index (χ2v) is 6.05. The third-order valence-electron chi connectivity index (χ3n) is 2.52. The molecule has 0 aliphatic rings. The summed E-state index contributed by atoms with van der Waals surface area (Å²) in [6.07, 6.45) is 1.25. The van der Waals surface area contributed by atoms with Crippen LogP contribution in [-0.2, 0) is 9.47 Å². The Hall–Kier alpha value is -1.72. The molecule has 26 heavy (non-hydrogen) atoms. The van der Waals surface area contributed by atoms with Gasteiger partial charge in [0.05, 0.1) is 20.0 Å². The van der Waals surface area contributed by atoms with Crippen molar-refractivity contribution < 1.29 is 19.1 Å². The number of hydrogen-bond donors (Lipinski definition) is 1. The molecule has 1 aromatic rings. The number of carbonyl (C=O) groups is 2. The molecular formula is C20H38BNO4. The van der Waals surface area contributed by atoms with Crippen molar-refractivity contribution in [1.82, 2.24) is 4.98 Å². The number of aromatic amines is 1. The Kier molecular flexibility index (Phi) is 17.4. The average Bonchev–Trinajstić information content (AvgIpc) is 2.85. The van der Waals surface area contributed by atoms with E-state index >= 15 is 0 Å². The predicted octanol–water partition coefficient (Wildman–Crippen LogP) is 5.41. The molecule has 6 heteroatoms. The van der Waals surface area contributed by atoms with Crippen molar-refractivity contribution in [2.45, 2.75) is 88.1 Å². The van der Waals surface area contributed by atoms with Crippen LogP contribution in [0.15, 0.2) is 0 Å². The SMILES string of the molecule is CC.CCC.CCOC(=O)c1c(C)[nH]c(C(=O)OC(C)(C)C)c1C.[B]C. The van der Waals surface area contributed by atoms with Crippen LogP contribution < -0.4 is 0 Å². The van der Waals surface area contributed by atoms with E-state index in [1.54, 1.807) is 41.5 Å². The highest BCUT2D eigenvalue weighted by Gasteiger charge is 2.26. The Labute approximate surface area is 161 Å². The molecule has 0 atom stereocenters.